The zero-order valence-corrected chi connectivity index (χ0v) is 11.6. The summed E-state index contributed by atoms with van der Waals surface area (Å²) in [5.41, 5.74) is 0. The molecule has 2 atom stereocenters. The summed E-state index contributed by atoms with van der Waals surface area (Å²) < 4.78 is 0. The second-order valence-electron chi connectivity index (χ2n) is 6.17. The maximum Gasteiger partial charge on any atom is 0.223 e. The first-order valence-corrected chi connectivity index (χ1v) is 7.51. The largest absolute Gasteiger partial charge is 0.353 e. The summed E-state index contributed by atoms with van der Waals surface area (Å²) in [4.78, 5) is 22.7. The number of nitrogens with one attached hydrogen (secondary N) is 1. The van der Waals surface area contributed by atoms with E-state index >= 15 is 0 Å². The van der Waals surface area contributed by atoms with Crippen LogP contribution in [0.15, 0.2) is 0 Å². The van der Waals surface area contributed by atoms with Gasteiger partial charge in [-0.3, -0.25) is 14.9 Å². The first-order valence-electron chi connectivity index (χ1n) is 7.51. The molecule has 2 aliphatic rings. The Hall–Kier alpha value is -1.13. The predicted octanol–water partition coefficient (Wildman–Crippen LogP) is 2.52. The van der Waals surface area contributed by atoms with Gasteiger partial charge >= 0.3 is 0 Å². The van der Waals surface area contributed by atoms with E-state index in [1.807, 2.05) is 0 Å². The maximum atomic E-state index is 12.2. The monoisotopic (exact) mass is 268 g/mol. The number of nitrogens with zero attached hydrogens (tertiary/aromatic N) is 1. The number of hydrogen-bond acceptors (Lipinski definition) is 3. The van der Waals surface area contributed by atoms with Gasteiger partial charge < -0.3 is 5.32 Å². The van der Waals surface area contributed by atoms with Gasteiger partial charge in [-0.05, 0) is 31.6 Å². The Labute approximate surface area is 114 Å². The summed E-state index contributed by atoms with van der Waals surface area (Å²) in [6.45, 7) is 2.20. The quantitative estimate of drug-likeness (QED) is 0.631. The van der Waals surface area contributed by atoms with Crippen molar-refractivity contribution in [3.8, 4) is 0 Å². The summed E-state index contributed by atoms with van der Waals surface area (Å²) in [5, 5.41) is 13.9. The number of carbonyl (C=O) groups is 1. The van der Waals surface area contributed by atoms with Crippen LogP contribution in [0.5, 0.6) is 0 Å². The second-order valence-corrected chi connectivity index (χ2v) is 6.17. The lowest BCUT2D eigenvalue weighted by molar-refractivity contribution is -0.526. The normalized spacial score (nSPS) is 35.6. The van der Waals surface area contributed by atoms with Crippen molar-refractivity contribution in [1.82, 2.24) is 5.32 Å². The van der Waals surface area contributed by atoms with Crippen molar-refractivity contribution in [2.75, 3.05) is 0 Å². The molecule has 0 saturated heterocycles. The fourth-order valence-electron chi connectivity index (χ4n) is 3.38. The van der Waals surface area contributed by atoms with Crippen molar-refractivity contribution >= 4 is 5.91 Å². The highest BCUT2D eigenvalue weighted by atomic mass is 16.6. The van der Waals surface area contributed by atoms with Gasteiger partial charge in [-0.15, -0.1) is 0 Å². The molecule has 0 aromatic rings. The molecule has 0 radical (unpaired) electrons. The third-order valence-corrected chi connectivity index (χ3v) is 4.80. The Balaban J connectivity index is 1.79. The summed E-state index contributed by atoms with van der Waals surface area (Å²) in [5.74, 6) is 0.679. The molecule has 0 aromatic carbocycles. The van der Waals surface area contributed by atoms with E-state index in [4.69, 9.17) is 0 Å². The molecule has 0 aliphatic heterocycles. The summed E-state index contributed by atoms with van der Waals surface area (Å²) >= 11 is 0. The fourth-order valence-corrected chi connectivity index (χ4v) is 3.38. The van der Waals surface area contributed by atoms with E-state index in [1.54, 1.807) is 0 Å². The van der Waals surface area contributed by atoms with Crippen LogP contribution >= 0.6 is 0 Å². The van der Waals surface area contributed by atoms with Gasteiger partial charge in [0.2, 0.25) is 11.9 Å². The molecular weight excluding hydrogens is 244 g/mol. The van der Waals surface area contributed by atoms with Crippen LogP contribution in [0, 0.1) is 22.0 Å². The lowest BCUT2D eigenvalue weighted by Crippen LogP contribution is -2.45. The summed E-state index contributed by atoms with van der Waals surface area (Å²) in [6.07, 6.45) is 7.16. The molecule has 2 rings (SSSR count). The molecule has 1 amide bonds. The Morgan fingerprint density at radius 3 is 2.32 bits per heavy atom. The lowest BCUT2D eigenvalue weighted by Gasteiger charge is -2.32. The summed E-state index contributed by atoms with van der Waals surface area (Å²) in [7, 11) is 0. The van der Waals surface area contributed by atoms with E-state index in [-0.39, 0.29) is 16.7 Å². The highest BCUT2D eigenvalue weighted by molar-refractivity contribution is 5.79. The van der Waals surface area contributed by atoms with Gasteiger partial charge in [0.05, 0.1) is 0 Å². The minimum Gasteiger partial charge on any atom is -0.353 e. The molecule has 2 fully saturated rings. The smallest absolute Gasteiger partial charge is 0.223 e. The van der Waals surface area contributed by atoms with Crippen LogP contribution in [0.1, 0.15) is 58.3 Å². The molecule has 2 aliphatic carbocycles. The second kappa shape index (κ2) is 6.35. The van der Waals surface area contributed by atoms with Gasteiger partial charge in [-0.25, -0.2) is 0 Å². The molecule has 5 heteroatoms. The molecule has 2 unspecified atom stereocenters. The first-order chi connectivity index (χ1) is 9.08. The van der Waals surface area contributed by atoms with E-state index in [1.165, 1.54) is 19.3 Å². The molecule has 2 saturated carbocycles. The summed E-state index contributed by atoms with van der Waals surface area (Å²) in [6, 6.07) is -0.118. The van der Waals surface area contributed by atoms with Crippen LogP contribution in [0.4, 0.5) is 0 Å². The van der Waals surface area contributed by atoms with Crippen LogP contribution in [-0.4, -0.2) is 22.9 Å². The van der Waals surface area contributed by atoms with Gasteiger partial charge in [0, 0.05) is 29.7 Å². The predicted molar refractivity (Wildman–Crippen MR) is 72.3 cm³/mol. The Morgan fingerprint density at radius 1 is 1.11 bits per heavy atom. The average molecular weight is 268 g/mol. The minimum absolute atomic E-state index is 0.00896. The topological polar surface area (TPSA) is 72.2 Å². The van der Waals surface area contributed by atoms with Crippen LogP contribution in [0.3, 0.4) is 0 Å². The number of hydrogen-bond donors (Lipinski definition) is 1. The molecule has 0 aromatic heterocycles. The highest BCUT2D eigenvalue weighted by Crippen LogP contribution is 2.28. The Morgan fingerprint density at radius 2 is 1.74 bits per heavy atom. The number of nitro groups is 1. The van der Waals surface area contributed by atoms with Gasteiger partial charge in [0.25, 0.3) is 0 Å². The van der Waals surface area contributed by atoms with Crippen LogP contribution in [-0.2, 0) is 4.79 Å². The standard InChI is InChI=1S/C14H24N2O3/c1-10-4-2-3-5-13(10)15-14(17)11-6-8-12(9-7-11)16(18)19/h10-13H,2-9H2,1H3,(H,15,17). The first kappa shape index (κ1) is 14.3. The van der Waals surface area contributed by atoms with Gasteiger partial charge in [-0.2, -0.15) is 0 Å². The van der Waals surface area contributed by atoms with Crippen molar-refractivity contribution in [3.63, 3.8) is 0 Å². The lowest BCUT2D eigenvalue weighted by atomic mass is 9.83. The van der Waals surface area contributed by atoms with E-state index in [9.17, 15) is 14.9 Å². The fraction of sp³-hybridized carbons (Fsp3) is 0.929. The van der Waals surface area contributed by atoms with E-state index in [0.717, 1.165) is 6.42 Å². The molecule has 1 N–H and O–H groups in total. The van der Waals surface area contributed by atoms with Gasteiger partial charge in [-0.1, -0.05) is 19.8 Å². The van der Waals surface area contributed by atoms with Gasteiger partial charge in [0.15, 0.2) is 0 Å². The third kappa shape index (κ3) is 3.67. The van der Waals surface area contributed by atoms with Crippen LogP contribution in [0.2, 0.25) is 0 Å². The van der Waals surface area contributed by atoms with Crippen molar-refractivity contribution < 1.29 is 9.72 Å². The molecule has 0 spiro atoms. The van der Waals surface area contributed by atoms with Crippen molar-refractivity contribution in [1.29, 1.82) is 0 Å². The maximum absolute atomic E-state index is 12.2. The average Bonchev–Trinajstić information content (AvgIpc) is 2.41. The minimum atomic E-state index is -0.433. The zero-order chi connectivity index (χ0) is 13.8. The SMILES string of the molecule is CC1CCCCC1NC(=O)C1CCC([N+](=O)[O-])CC1. The number of amides is 1. The number of carbonyl (C=O) groups excluding carboxylic acids is 1. The van der Waals surface area contributed by atoms with Crippen molar-refractivity contribution in [3.05, 3.63) is 10.1 Å². The van der Waals surface area contributed by atoms with Crippen molar-refractivity contribution in [2.45, 2.75) is 70.4 Å². The molecule has 0 bridgehead atoms. The molecular formula is C14H24N2O3. The van der Waals surface area contributed by atoms with E-state index < -0.39 is 6.04 Å². The molecule has 5 nitrogen and oxygen atoms in total. The van der Waals surface area contributed by atoms with E-state index in [2.05, 4.69) is 12.2 Å². The molecule has 19 heavy (non-hydrogen) atoms. The Kier molecular flexibility index (Phi) is 4.77. The van der Waals surface area contributed by atoms with Crippen molar-refractivity contribution in [2.24, 2.45) is 11.8 Å². The molecule has 0 heterocycles. The zero-order valence-electron chi connectivity index (χ0n) is 11.6. The number of rotatable bonds is 3. The molecule has 108 valence electrons. The van der Waals surface area contributed by atoms with Crippen LogP contribution in [0.25, 0.3) is 0 Å². The van der Waals surface area contributed by atoms with Gasteiger partial charge in [0.1, 0.15) is 0 Å². The van der Waals surface area contributed by atoms with E-state index in [0.29, 0.717) is 37.6 Å². The Bertz CT molecular complexity index is 338. The van der Waals surface area contributed by atoms with Crippen LogP contribution < -0.4 is 5.32 Å². The highest BCUT2D eigenvalue weighted by Gasteiger charge is 2.33. The third-order valence-electron chi connectivity index (χ3n) is 4.80.